The molecule has 12 heavy (non-hydrogen) atoms. The molecule has 0 aromatic heterocycles. The Morgan fingerprint density at radius 3 is 2.25 bits per heavy atom. The van der Waals surface area contributed by atoms with Crippen molar-refractivity contribution in [3.05, 3.63) is 0 Å². The van der Waals surface area contributed by atoms with Gasteiger partial charge >= 0.3 is 5.97 Å². The highest BCUT2D eigenvalue weighted by Gasteiger charge is 2.03. The van der Waals surface area contributed by atoms with Gasteiger partial charge in [0.25, 0.3) is 0 Å². The van der Waals surface area contributed by atoms with Crippen molar-refractivity contribution in [1.29, 1.82) is 0 Å². The summed E-state index contributed by atoms with van der Waals surface area (Å²) >= 11 is 0. The van der Waals surface area contributed by atoms with Crippen LogP contribution in [0.1, 0.15) is 52.4 Å². The van der Waals surface area contributed by atoms with Gasteiger partial charge in [-0.15, -0.1) is 0 Å². The Bertz CT molecular complexity index is 117. The summed E-state index contributed by atoms with van der Waals surface area (Å²) in [5.41, 5.74) is 0. The molecule has 0 fully saturated rings. The van der Waals surface area contributed by atoms with Gasteiger partial charge in [0.1, 0.15) is 0 Å². The first-order valence-electron chi connectivity index (χ1n) is 4.92. The highest BCUT2D eigenvalue weighted by molar-refractivity contribution is 5.66. The zero-order valence-corrected chi connectivity index (χ0v) is 8.18. The maximum atomic E-state index is 10.2. The average molecular weight is 172 g/mol. The summed E-state index contributed by atoms with van der Waals surface area (Å²) in [6, 6.07) is 0. The van der Waals surface area contributed by atoms with Crippen LogP contribution < -0.4 is 0 Å². The largest absolute Gasteiger partial charge is 0.481 e. The molecule has 0 aliphatic carbocycles. The van der Waals surface area contributed by atoms with Crippen molar-refractivity contribution >= 4 is 5.97 Å². The fraction of sp³-hybridized carbons (Fsp3) is 0.900. The maximum Gasteiger partial charge on any atom is 0.303 e. The highest BCUT2D eigenvalue weighted by Crippen LogP contribution is 2.16. The smallest absolute Gasteiger partial charge is 0.303 e. The summed E-state index contributed by atoms with van der Waals surface area (Å²) in [7, 11) is 0. The Balaban J connectivity index is 3.23. The number of carboxylic acids is 1. The van der Waals surface area contributed by atoms with Crippen molar-refractivity contribution in [1.82, 2.24) is 0 Å². The first kappa shape index (κ1) is 11.5. The third-order valence-electron chi connectivity index (χ3n) is 2.41. The zero-order chi connectivity index (χ0) is 9.40. The van der Waals surface area contributed by atoms with Crippen LogP contribution in [0, 0.1) is 5.92 Å². The van der Waals surface area contributed by atoms with Gasteiger partial charge in [0.2, 0.25) is 0 Å². The predicted octanol–water partition coefficient (Wildman–Crippen LogP) is 3.07. The van der Waals surface area contributed by atoms with Gasteiger partial charge < -0.3 is 5.11 Å². The lowest BCUT2D eigenvalue weighted by molar-refractivity contribution is -0.137. The second kappa shape index (κ2) is 7.14. The number of rotatable bonds is 7. The van der Waals surface area contributed by atoms with Gasteiger partial charge in [-0.2, -0.15) is 0 Å². The molecule has 0 unspecified atom stereocenters. The molecule has 1 N–H and O–H groups in total. The summed E-state index contributed by atoms with van der Waals surface area (Å²) in [5, 5.41) is 8.39. The quantitative estimate of drug-likeness (QED) is 0.599. The van der Waals surface area contributed by atoms with Gasteiger partial charge in [-0.05, 0) is 12.3 Å². The van der Waals surface area contributed by atoms with Crippen LogP contribution in [0.3, 0.4) is 0 Å². The van der Waals surface area contributed by atoms with E-state index in [-0.39, 0.29) is 0 Å². The van der Waals surface area contributed by atoms with E-state index < -0.39 is 5.97 Å². The van der Waals surface area contributed by atoms with Gasteiger partial charge in [-0.3, -0.25) is 4.79 Å². The second-order valence-electron chi connectivity index (χ2n) is 3.32. The molecule has 0 atom stereocenters. The van der Waals surface area contributed by atoms with Crippen LogP contribution in [0.25, 0.3) is 0 Å². The van der Waals surface area contributed by atoms with Crippen LogP contribution >= 0.6 is 0 Å². The number of aliphatic carboxylic acids is 1. The van der Waals surface area contributed by atoms with Gasteiger partial charge in [0.15, 0.2) is 0 Å². The van der Waals surface area contributed by atoms with Crippen molar-refractivity contribution in [3.8, 4) is 0 Å². The summed E-state index contributed by atoms with van der Waals surface area (Å²) in [6.45, 7) is 4.40. The molecular weight excluding hydrogens is 152 g/mol. The molecule has 2 nitrogen and oxygen atoms in total. The molecule has 0 aromatic carbocycles. The molecule has 72 valence electrons. The molecule has 0 saturated carbocycles. The minimum Gasteiger partial charge on any atom is -0.481 e. The zero-order valence-electron chi connectivity index (χ0n) is 8.18. The summed E-state index contributed by atoms with van der Waals surface area (Å²) in [5.74, 6) is 0.137. The number of hydrogen-bond acceptors (Lipinski definition) is 1. The van der Waals surface area contributed by atoms with Crippen LogP contribution in [-0.2, 0) is 4.79 Å². The third-order valence-corrected chi connectivity index (χ3v) is 2.41. The molecule has 0 aliphatic heterocycles. The summed E-state index contributed by atoms with van der Waals surface area (Å²) in [4.78, 5) is 10.2. The third kappa shape index (κ3) is 6.20. The van der Waals surface area contributed by atoms with E-state index >= 15 is 0 Å². The van der Waals surface area contributed by atoms with Crippen molar-refractivity contribution in [2.45, 2.75) is 52.4 Å². The van der Waals surface area contributed by atoms with E-state index in [1.54, 1.807) is 0 Å². The Hall–Kier alpha value is -0.530. The Labute approximate surface area is 75.0 Å². The van der Waals surface area contributed by atoms with E-state index in [1.165, 1.54) is 19.3 Å². The first-order chi connectivity index (χ1) is 5.70. The molecule has 0 radical (unpaired) electrons. The summed E-state index contributed by atoms with van der Waals surface area (Å²) < 4.78 is 0. The Morgan fingerprint density at radius 1 is 1.25 bits per heavy atom. The van der Waals surface area contributed by atoms with E-state index in [1.807, 2.05) is 0 Å². The molecule has 0 saturated heterocycles. The fourth-order valence-electron chi connectivity index (χ4n) is 1.41. The molecule has 2 heteroatoms. The number of unbranched alkanes of at least 4 members (excludes halogenated alkanes) is 1. The minimum absolute atomic E-state index is 0.333. The highest BCUT2D eigenvalue weighted by atomic mass is 16.4. The molecule has 0 aliphatic rings. The van der Waals surface area contributed by atoms with E-state index in [9.17, 15) is 4.79 Å². The second-order valence-corrected chi connectivity index (χ2v) is 3.32. The topological polar surface area (TPSA) is 37.3 Å². The monoisotopic (exact) mass is 172 g/mol. The van der Waals surface area contributed by atoms with Crippen molar-refractivity contribution in [2.75, 3.05) is 0 Å². The van der Waals surface area contributed by atoms with E-state index in [0.29, 0.717) is 6.42 Å². The van der Waals surface area contributed by atoms with Crippen molar-refractivity contribution in [2.24, 2.45) is 5.92 Å². The molecule has 0 amide bonds. The molecule has 0 rings (SSSR count). The number of carboxylic acid groups (broad SMARTS) is 1. The van der Waals surface area contributed by atoms with Crippen LogP contribution in [-0.4, -0.2) is 11.1 Å². The maximum absolute atomic E-state index is 10.2. The van der Waals surface area contributed by atoms with Crippen molar-refractivity contribution in [3.63, 3.8) is 0 Å². The molecule has 0 bridgehead atoms. The van der Waals surface area contributed by atoms with E-state index in [4.69, 9.17) is 5.11 Å². The standard InChI is InChI=1S/C10H20O2/c1-3-9(4-2)7-5-6-8-10(11)12/h9H,3-8H2,1-2H3,(H,11,12). The van der Waals surface area contributed by atoms with Crippen LogP contribution in [0.2, 0.25) is 0 Å². The SMILES string of the molecule is CCC(CC)CCCCC(=O)O. The van der Waals surface area contributed by atoms with Gasteiger partial charge in [-0.25, -0.2) is 0 Å². The van der Waals surface area contributed by atoms with Gasteiger partial charge in [0, 0.05) is 6.42 Å². The summed E-state index contributed by atoms with van der Waals surface area (Å²) in [6.07, 6.45) is 5.89. The molecule has 0 heterocycles. The molecule has 0 spiro atoms. The number of carbonyl (C=O) groups is 1. The molecular formula is C10H20O2. The minimum atomic E-state index is -0.667. The number of hydrogen-bond donors (Lipinski definition) is 1. The Kier molecular flexibility index (Phi) is 6.82. The fourth-order valence-corrected chi connectivity index (χ4v) is 1.41. The average Bonchev–Trinajstić information content (AvgIpc) is 2.04. The normalized spacial score (nSPS) is 10.6. The van der Waals surface area contributed by atoms with Crippen LogP contribution in [0.4, 0.5) is 0 Å². The van der Waals surface area contributed by atoms with Crippen LogP contribution in [0.15, 0.2) is 0 Å². The predicted molar refractivity (Wildman–Crippen MR) is 50.2 cm³/mol. The lowest BCUT2D eigenvalue weighted by atomic mass is 9.96. The van der Waals surface area contributed by atoms with Crippen LogP contribution in [0.5, 0.6) is 0 Å². The van der Waals surface area contributed by atoms with E-state index in [2.05, 4.69) is 13.8 Å². The van der Waals surface area contributed by atoms with Gasteiger partial charge in [-0.1, -0.05) is 39.5 Å². The van der Waals surface area contributed by atoms with E-state index in [0.717, 1.165) is 18.8 Å². The lowest BCUT2D eigenvalue weighted by Crippen LogP contribution is -1.98. The molecule has 0 aromatic rings. The first-order valence-corrected chi connectivity index (χ1v) is 4.92. The van der Waals surface area contributed by atoms with Crippen molar-refractivity contribution < 1.29 is 9.90 Å². The van der Waals surface area contributed by atoms with Gasteiger partial charge in [0.05, 0.1) is 0 Å². The Morgan fingerprint density at radius 2 is 1.83 bits per heavy atom. The lowest BCUT2D eigenvalue weighted by Gasteiger charge is -2.10.